The number of carbonyl (C=O) groups is 2. The van der Waals surface area contributed by atoms with Crippen molar-refractivity contribution >= 4 is 21.7 Å². The van der Waals surface area contributed by atoms with Crippen LogP contribution in [0.2, 0.25) is 0 Å². The molecule has 1 aliphatic carbocycles. The van der Waals surface area contributed by atoms with Crippen molar-refractivity contribution in [1.82, 2.24) is 5.32 Å². The second kappa shape index (κ2) is 7.00. The maximum atomic E-state index is 12.8. The summed E-state index contributed by atoms with van der Waals surface area (Å²) in [4.78, 5) is 23.9. The molecule has 0 radical (unpaired) electrons. The van der Waals surface area contributed by atoms with Gasteiger partial charge in [-0.2, -0.15) is 4.36 Å². The average Bonchev–Trinajstić information content (AvgIpc) is 2.39. The second-order valence-electron chi connectivity index (χ2n) is 7.86. The van der Waals surface area contributed by atoms with E-state index in [0.29, 0.717) is 18.6 Å². The average molecular weight is 360 g/mol. The number of rotatable bonds is 5. The summed E-state index contributed by atoms with van der Waals surface area (Å²) in [6, 6.07) is -0.773. The third-order valence-electron chi connectivity index (χ3n) is 4.67. The van der Waals surface area contributed by atoms with Gasteiger partial charge in [0.15, 0.2) is 0 Å². The Morgan fingerprint density at radius 3 is 2.58 bits per heavy atom. The highest BCUT2D eigenvalue weighted by Crippen LogP contribution is 2.43. The Kier molecular flexibility index (Phi) is 5.59. The Balaban J connectivity index is 1.93. The first-order valence-electron chi connectivity index (χ1n) is 8.43. The smallest absolute Gasteiger partial charge is 0.408 e. The third-order valence-corrected chi connectivity index (χ3v) is 6.90. The molecule has 1 aliphatic heterocycles. The number of hydrogen-bond donors (Lipinski definition) is 2. The van der Waals surface area contributed by atoms with Gasteiger partial charge in [-0.05, 0) is 51.9 Å². The zero-order chi connectivity index (χ0) is 18.0. The molecule has 2 aliphatic rings. The molecular formula is C16H28N2O5S. The number of aliphatic hydroxyl groups excluding tert-OH is 1. The molecule has 138 valence electrons. The quantitative estimate of drug-likeness (QED) is 0.778. The van der Waals surface area contributed by atoms with Crippen molar-refractivity contribution in [3.63, 3.8) is 0 Å². The lowest BCUT2D eigenvalue weighted by Crippen LogP contribution is -2.46. The molecule has 2 N–H and O–H groups in total. The van der Waals surface area contributed by atoms with Crippen LogP contribution in [0.3, 0.4) is 0 Å². The van der Waals surface area contributed by atoms with Crippen molar-refractivity contribution in [1.29, 1.82) is 0 Å². The molecule has 2 rings (SSSR count). The minimum atomic E-state index is -2.59. The van der Waals surface area contributed by atoms with E-state index < -0.39 is 33.4 Å². The molecule has 1 heterocycles. The van der Waals surface area contributed by atoms with Gasteiger partial charge in [-0.15, -0.1) is 0 Å². The van der Waals surface area contributed by atoms with Crippen LogP contribution in [-0.4, -0.2) is 51.1 Å². The molecule has 0 bridgehead atoms. The monoisotopic (exact) mass is 360 g/mol. The highest BCUT2D eigenvalue weighted by molar-refractivity contribution is 7.93. The maximum absolute atomic E-state index is 12.8. The highest BCUT2D eigenvalue weighted by Gasteiger charge is 2.38. The fourth-order valence-corrected chi connectivity index (χ4v) is 5.17. The zero-order valence-electron chi connectivity index (χ0n) is 14.7. The third kappa shape index (κ3) is 4.92. The lowest BCUT2D eigenvalue weighted by Gasteiger charge is -2.40. The van der Waals surface area contributed by atoms with Gasteiger partial charge in [-0.25, -0.2) is 9.00 Å². The van der Waals surface area contributed by atoms with Crippen molar-refractivity contribution in [3.05, 3.63) is 0 Å². The molecule has 0 spiro atoms. The summed E-state index contributed by atoms with van der Waals surface area (Å²) >= 11 is 0. The first kappa shape index (κ1) is 19.2. The van der Waals surface area contributed by atoms with Crippen LogP contribution in [0, 0.1) is 5.41 Å². The predicted octanol–water partition coefficient (Wildman–Crippen LogP) is 1.83. The van der Waals surface area contributed by atoms with Crippen molar-refractivity contribution in [3.8, 4) is 0 Å². The summed E-state index contributed by atoms with van der Waals surface area (Å²) in [5, 5.41) is 12.0. The topological polar surface area (TPSA) is 105 Å². The Morgan fingerprint density at radius 1 is 1.46 bits per heavy atom. The Bertz CT molecular complexity index is 607. The van der Waals surface area contributed by atoms with Crippen LogP contribution in [-0.2, 0) is 19.3 Å². The van der Waals surface area contributed by atoms with E-state index in [4.69, 9.17) is 4.74 Å². The maximum Gasteiger partial charge on any atom is 0.408 e. The lowest BCUT2D eigenvalue weighted by atomic mass is 9.68. The fourth-order valence-electron chi connectivity index (χ4n) is 2.97. The van der Waals surface area contributed by atoms with Crippen molar-refractivity contribution in [2.75, 3.05) is 18.1 Å². The number of amides is 2. The van der Waals surface area contributed by atoms with Crippen LogP contribution in [0.1, 0.15) is 52.9 Å². The molecule has 7 nitrogen and oxygen atoms in total. The van der Waals surface area contributed by atoms with E-state index in [2.05, 4.69) is 9.68 Å². The zero-order valence-corrected chi connectivity index (χ0v) is 15.5. The van der Waals surface area contributed by atoms with Gasteiger partial charge in [0.25, 0.3) is 5.91 Å². The largest absolute Gasteiger partial charge is 0.444 e. The minimum absolute atomic E-state index is 0.0965. The Labute approximate surface area is 143 Å². The number of nitrogens with zero attached hydrogens (tertiary/aromatic N) is 1. The van der Waals surface area contributed by atoms with Gasteiger partial charge in [0.1, 0.15) is 11.6 Å². The first-order chi connectivity index (χ1) is 11.1. The van der Waals surface area contributed by atoms with Crippen LogP contribution in [0.4, 0.5) is 4.79 Å². The number of aliphatic hydroxyl groups is 1. The van der Waals surface area contributed by atoms with Gasteiger partial charge in [0.2, 0.25) is 0 Å². The summed E-state index contributed by atoms with van der Waals surface area (Å²) in [5.74, 6) is 0.0582. The number of carbonyl (C=O) groups excluding carboxylic acids is 2. The standard InChI is InChI=1S/C16H28N2O5S/c1-15(2,3)23-14(21)17-12-5-9-24(22,18-13(12)20)10-8-16(11-19)6-4-7-16/h12,19H,4-11H2,1-3H3,(H,17,21)/t12-,24+/m0/s1. The van der Waals surface area contributed by atoms with E-state index in [1.165, 1.54) is 0 Å². The SMILES string of the molecule is CC(C)(C)OC(=O)N[C@H]1CC[S@@](=O)(CCC2(CO)CCC2)=NC1=O. The number of hydrogen-bond acceptors (Lipinski definition) is 5. The van der Waals surface area contributed by atoms with Crippen LogP contribution < -0.4 is 5.32 Å². The summed E-state index contributed by atoms with van der Waals surface area (Å²) < 4.78 is 21.8. The van der Waals surface area contributed by atoms with Crippen LogP contribution in [0.15, 0.2) is 4.36 Å². The molecule has 2 amide bonds. The van der Waals surface area contributed by atoms with Gasteiger partial charge in [0, 0.05) is 18.1 Å². The van der Waals surface area contributed by atoms with E-state index in [1.54, 1.807) is 20.8 Å². The minimum Gasteiger partial charge on any atom is -0.444 e. The molecule has 0 saturated heterocycles. The summed E-state index contributed by atoms with van der Waals surface area (Å²) in [6.45, 7) is 5.32. The van der Waals surface area contributed by atoms with E-state index >= 15 is 0 Å². The van der Waals surface area contributed by atoms with Gasteiger partial charge < -0.3 is 15.2 Å². The van der Waals surface area contributed by atoms with E-state index in [0.717, 1.165) is 19.3 Å². The molecule has 24 heavy (non-hydrogen) atoms. The molecule has 8 heteroatoms. The summed E-state index contributed by atoms with van der Waals surface area (Å²) in [7, 11) is -2.59. The molecule has 0 aromatic heterocycles. The first-order valence-corrected chi connectivity index (χ1v) is 10.3. The van der Waals surface area contributed by atoms with Gasteiger partial charge in [-0.3, -0.25) is 4.79 Å². The van der Waals surface area contributed by atoms with Crippen LogP contribution in [0.5, 0.6) is 0 Å². The van der Waals surface area contributed by atoms with Crippen molar-refractivity contribution < 1.29 is 23.6 Å². The Morgan fingerprint density at radius 2 is 2.12 bits per heavy atom. The van der Waals surface area contributed by atoms with Gasteiger partial charge in [0.05, 0.1) is 9.73 Å². The lowest BCUT2D eigenvalue weighted by molar-refractivity contribution is -0.119. The molecule has 0 unspecified atom stereocenters. The predicted molar refractivity (Wildman–Crippen MR) is 91.1 cm³/mol. The molecule has 0 aromatic carbocycles. The van der Waals surface area contributed by atoms with Crippen molar-refractivity contribution in [2.24, 2.45) is 9.78 Å². The molecule has 0 aromatic rings. The summed E-state index contributed by atoms with van der Waals surface area (Å²) in [5.41, 5.74) is -0.775. The summed E-state index contributed by atoms with van der Waals surface area (Å²) in [6.07, 6.45) is 3.22. The molecule has 2 atom stereocenters. The van der Waals surface area contributed by atoms with E-state index in [-0.39, 0.29) is 17.8 Å². The highest BCUT2D eigenvalue weighted by atomic mass is 32.2. The molecule has 1 saturated carbocycles. The van der Waals surface area contributed by atoms with Crippen molar-refractivity contribution in [2.45, 2.75) is 64.5 Å². The van der Waals surface area contributed by atoms with Gasteiger partial charge >= 0.3 is 6.09 Å². The number of nitrogens with one attached hydrogen (secondary N) is 1. The van der Waals surface area contributed by atoms with E-state index in [1.807, 2.05) is 0 Å². The number of alkyl carbamates (subject to hydrolysis) is 1. The number of ether oxygens (including phenoxy) is 1. The van der Waals surface area contributed by atoms with Gasteiger partial charge in [-0.1, -0.05) is 6.42 Å². The molecular weight excluding hydrogens is 332 g/mol. The Hall–Kier alpha value is -1.15. The van der Waals surface area contributed by atoms with Crippen LogP contribution >= 0.6 is 0 Å². The normalized spacial score (nSPS) is 29.3. The molecule has 1 fully saturated rings. The van der Waals surface area contributed by atoms with E-state index in [9.17, 15) is 18.9 Å². The second-order valence-corrected chi connectivity index (χ2v) is 10.4. The fraction of sp³-hybridized carbons (Fsp3) is 0.875. The van der Waals surface area contributed by atoms with Crippen LogP contribution in [0.25, 0.3) is 0 Å².